The Balaban J connectivity index is 3.13. The number of alkyl carbamates (subject to hydrolysis) is 1. The summed E-state index contributed by atoms with van der Waals surface area (Å²) in [6.45, 7) is 13.6. The van der Waals surface area contributed by atoms with E-state index in [0.29, 0.717) is 5.57 Å². The highest BCUT2D eigenvalue weighted by Crippen LogP contribution is 2.27. The highest BCUT2D eigenvalue weighted by molar-refractivity contribution is 5.93. The van der Waals surface area contributed by atoms with Gasteiger partial charge in [-0.15, -0.1) is 0 Å². The molecule has 12 heteroatoms. The maximum Gasteiger partial charge on any atom is 0.417 e. The Bertz CT molecular complexity index is 876. The molecule has 0 bridgehead atoms. The van der Waals surface area contributed by atoms with Crippen LogP contribution in [0.15, 0.2) is 16.6 Å². The third-order valence-corrected chi connectivity index (χ3v) is 5.42. The topological polar surface area (TPSA) is 168 Å². The van der Waals surface area contributed by atoms with E-state index in [4.69, 9.17) is 24.7 Å². The second kappa shape index (κ2) is 14.6. The quantitative estimate of drug-likeness (QED) is 0.167. The Morgan fingerprint density at radius 3 is 2.27 bits per heavy atom. The van der Waals surface area contributed by atoms with E-state index >= 15 is 0 Å². The van der Waals surface area contributed by atoms with Gasteiger partial charge in [0.15, 0.2) is 5.96 Å². The zero-order valence-electron chi connectivity index (χ0n) is 23.1. The van der Waals surface area contributed by atoms with Gasteiger partial charge < -0.3 is 30.0 Å². The number of esters is 2. The van der Waals surface area contributed by atoms with Crippen LogP contribution in [0.25, 0.3) is 0 Å². The lowest BCUT2D eigenvalue weighted by atomic mass is 9.88. The second-order valence-corrected chi connectivity index (χ2v) is 9.72. The predicted molar refractivity (Wildman–Crippen MR) is 136 cm³/mol. The van der Waals surface area contributed by atoms with E-state index < -0.39 is 47.9 Å². The summed E-state index contributed by atoms with van der Waals surface area (Å²) in [4.78, 5) is 53.1. The monoisotopic (exact) mass is 526 g/mol. The van der Waals surface area contributed by atoms with E-state index in [1.165, 1.54) is 13.8 Å². The normalized spacial score (nSPS) is 20.9. The maximum absolute atomic E-state index is 12.5. The minimum absolute atomic E-state index is 0.0869. The summed E-state index contributed by atoms with van der Waals surface area (Å²) >= 11 is 0. The van der Waals surface area contributed by atoms with Crippen molar-refractivity contribution in [3.05, 3.63) is 11.6 Å². The molecule has 1 rings (SSSR count). The number of rotatable bonds is 10. The Morgan fingerprint density at radius 2 is 1.76 bits per heavy atom. The molecule has 0 aromatic heterocycles. The van der Waals surface area contributed by atoms with Crippen molar-refractivity contribution in [1.29, 1.82) is 0 Å². The Labute approximate surface area is 218 Å². The number of nitrogens with zero attached hydrogens (tertiary/aromatic N) is 1. The average Bonchev–Trinajstić information content (AvgIpc) is 2.77. The lowest BCUT2D eigenvalue weighted by Crippen LogP contribution is -2.54. The van der Waals surface area contributed by atoms with Crippen LogP contribution in [0.5, 0.6) is 0 Å². The second-order valence-electron chi connectivity index (χ2n) is 9.72. The van der Waals surface area contributed by atoms with Crippen LogP contribution in [0.1, 0.15) is 74.7 Å². The molecular formula is C25H42N4O8. The van der Waals surface area contributed by atoms with Crippen LogP contribution in [0.2, 0.25) is 0 Å². The summed E-state index contributed by atoms with van der Waals surface area (Å²) in [5.74, 6) is -1.71. The lowest BCUT2D eigenvalue weighted by Gasteiger charge is -2.36. The Morgan fingerprint density at radius 1 is 1.14 bits per heavy atom. The molecule has 2 amide bonds. The number of amides is 2. The van der Waals surface area contributed by atoms with E-state index in [-0.39, 0.29) is 31.0 Å². The molecule has 0 aliphatic heterocycles. The summed E-state index contributed by atoms with van der Waals surface area (Å²) in [7, 11) is 0. The van der Waals surface area contributed by atoms with Gasteiger partial charge in [0.1, 0.15) is 0 Å². The van der Waals surface area contributed by atoms with Crippen LogP contribution < -0.4 is 16.4 Å². The lowest BCUT2D eigenvalue weighted by molar-refractivity contribution is -0.174. The number of hydrogen-bond acceptors (Lipinski definition) is 9. The van der Waals surface area contributed by atoms with Gasteiger partial charge >= 0.3 is 18.0 Å². The number of nitrogens with one attached hydrogen (secondary N) is 2. The number of carbonyl (C=O) groups excluding carboxylic acids is 4. The van der Waals surface area contributed by atoms with Crippen LogP contribution in [0, 0.1) is 5.41 Å². The van der Waals surface area contributed by atoms with E-state index in [9.17, 15) is 19.2 Å². The zero-order chi connectivity index (χ0) is 28.3. The summed E-state index contributed by atoms with van der Waals surface area (Å²) in [5, 5.41) is 5.11. The average molecular weight is 527 g/mol. The molecule has 0 spiro atoms. The molecule has 0 saturated heterocycles. The molecule has 0 fully saturated rings. The van der Waals surface area contributed by atoms with Crippen LogP contribution in [-0.2, 0) is 33.3 Å². The third kappa shape index (κ3) is 10.8. The van der Waals surface area contributed by atoms with Gasteiger partial charge in [-0.05, 0) is 46.6 Å². The molecule has 0 aromatic rings. The van der Waals surface area contributed by atoms with E-state index in [2.05, 4.69) is 15.6 Å². The fourth-order valence-corrected chi connectivity index (χ4v) is 3.53. The van der Waals surface area contributed by atoms with Crippen molar-refractivity contribution < 1.29 is 38.1 Å². The summed E-state index contributed by atoms with van der Waals surface area (Å²) in [5.41, 5.74) is 5.52. The van der Waals surface area contributed by atoms with Crippen molar-refractivity contribution in [2.24, 2.45) is 16.1 Å². The first-order valence-corrected chi connectivity index (χ1v) is 12.5. The number of hydrogen-bond donors (Lipinski definition) is 3. The molecule has 0 radical (unpaired) electrons. The minimum atomic E-state index is -1.17. The van der Waals surface area contributed by atoms with Gasteiger partial charge in [0.25, 0.3) is 0 Å². The fourth-order valence-electron chi connectivity index (χ4n) is 3.53. The molecule has 12 nitrogen and oxygen atoms in total. The maximum atomic E-state index is 12.5. The molecule has 0 heterocycles. The molecule has 4 N–H and O–H groups in total. The standard InChI is InChI=1S/C25H42N4O8/c1-9-17(10-2)37-19-13-16(21(31)34-11-3)12-18(20(19)27-14(4)30)28-23(26)29-24(33)36-15(5)35-22(32)25(6,7)8/h13,15,17-20H,9-12H2,1-8H3,(H,27,30)(H3,26,28,29,33)/t15?,18-,19+,20+/m0/s1. The number of aliphatic imine (C=N–C) groups is 1. The highest BCUT2D eigenvalue weighted by Gasteiger charge is 2.38. The molecule has 1 aliphatic carbocycles. The number of guanidine groups is 1. The molecule has 37 heavy (non-hydrogen) atoms. The van der Waals surface area contributed by atoms with E-state index in [1.54, 1.807) is 33.8 Å². The van der Waals surface area contributed by atoms with Crippen molar-refractivity contribution in [2.75, 3.05) is 6.61 Å². The molecule has 0 aromatic carbocycles. The van der Waals surface area contributed by atoms with Crippen molar-refractivity contribution in [3.63, 3.8) is 0 Å². The van der Waals surface area contributed by atoms with Crippen molar-refractivity contribution in [1.82, 2.24) is 10.6 Å². The van der Waals surface area contributed by atoms with Crippen molar-refractivity contribution in [2.45, 2.75) is 105 Å². The number of ether oxygens (including phenoxy) is 4. The number of nitrogens with two attached hydrogens (primary N) is 1. The Kier molecular flexibility index (Phi) is 12.5. The van der Waals surface area contributed by atoms with Gasteiger partial charge in [0.05, 0.1) is 36.3 Å². The van der Waals surface area contributed by atoms with Crippen molar-refractivity contribution >= 4 is 29.9 Å². The van der Waals surface area contributed by atoms with Gasteiger partial charge in [-0.1, -0.05) is 13.8 Å². The Hall–Kier alpha value is -3.15. The van der Waals surface area contributed by atoms with Gasteiger partial charge in [-0.25, -0.2) is 14.6 Å². The van der Waals surface area contributed by atoms with E-state index in [1.807, 2.05) is 13.8 Å². The number of carbonyl (C=O) groups is 4. The van der Waals surface area contributed by atoms with Crippen molar-refractivity contribution in [3.8, 4) is 0 Å². The molecule has 1 aliphatic rings. The molecule has 4 atom stereocenters. The summed E-state index contributed by atoms with van der Waals surface area (Å²) < 4.78 is 21.5. The first-order valence-electron chi connectivity index (χ1n) is 12.5. The first-order chi connectivity index (χ1) is 17.2. The van der Waals surface area contributed by atoms with Gasteiger partial charge in [-0.3, -0.25) is 14.9 Å². The van der Waals surface area contributed by atoms with Crippen LogP contribution in [-0.4, -0.2) is 67.1 Å². The first kappa shape index (κ1) is 31.9. The molecule has 210 valence electrons. The van der Waals surface area contributed by atoms with E-state index in [0.717, 1.165) is 12.8 Å². The third-order valence-electron chi connectivity index (χ3n) is 5.42. The zero-order valence-corrected chi connectivity index (χ0v) is 23.1. The molecule has 0 saturated carbocycles. The summed E-state index contributed by atoms with van der Waals surface area (Å²) in [6.07, 6.45) is 0.216. The summed E-state index contributed by atoms with van der Waals surface area (Å²) in [6, 6.07) is -1.43. The minimum Gasteiger partial charge on any atom is -0.463 e. The smallest absolute Gasteiger partial charge is 0.417 e. The molecular weight excluding hydrogens is 484 g/mol. The van der Waals surface area contributed by atoms with Crippen LogP contribution in [0.3, 0.4) is 0 Å². The van der Waals surface area contributed by atoms with Gasteiger partial charge in [0, 0.05) is 25.8 Å². The van der Waals surface area contributed by atoms with Crippen LogP contribution >= 0.6 is 0 Å². The largest absolute Gasteiger partial charge is 0.463 e. The van der Waals surface area contributed by atoms with Gasteiger partial charge in [0.2, 0.25) is 12.2 Å². The predicted octanol–water partition coefficient (Wildman–Crippen LogP) is 2.30. The van der Waals surface area contributed by atoms with Crippen LogP contribution in [0.4, 0.5) is 4.79 Å². The fraction of sp³-hybridized carbons (Fsp3) is 0.720. The van der Waals surface area contributed by atoms with Gasteiger partial charge in [-0.2, -0.15) is 0 Å². The molecule has 1 unspecified atom stereocenters. The SMILES string of the molecule is CCOC(=O)C1=C[C@@H](OC(CC)CC)[C@H](NC(C)=O)[C@@H](N=C(N)NC(=O)OC(C)OC(=O)C(C)(C)C)C1. The highest BCUT2D eigenvalue weighted by atomic mass is 16.7.